The lowest BCUT2D eigenvalue weighted by atomic mass is 9.88. The zero-order valence-electron chi connectivity index (χ0n) is 22.3. The molecule has 0 atom stereocenters. The third-order valence-electron chi connectivity index (χ3n) is 7.81. The van der Waals surface area contributed by atoms with Gasteiger partial charge in [-0.3, -0.25) is 14.5 Å². The Hall–Kier alpha value is -3.48. The van der Waals surface area contributed by atoms with E-state index in [4.69, 9.17) is 0 Å². The first-order valence-electron chi connectivity index (χ1n) is 13.9. The Balaban J connectivity index is 1.29. The molecule has 5 rings (SSSR count). The monoisotopic (exact) mass is 510 g/mol. The summed E-state index contributed by atoms with van der Waals surface area (Å²) in [4.78, 5) is 31.1. The second-order valence-corrected chi connectivity index (χ2v) is 10.7. The highest BCUT2D eigenvalue weighted by molar-refractivity contribution is 6.06. The highest BCUT2D eigenvalue weighted by Crippen LogP contribution is 2.31. The number of amides is 2. The molecule has 1 heterocycles. The first-order valence-corrected chi connectivity index (χ1v) is 13.9. The van der Waals surface area contributed by atoms with E-state index in [2.05, 4.69) is 39.6 Å². The molecular weight excluding hydrogens is 472 g/mol. The Morgan fingerprint density at radius 3 is 2.24 bits per heavy atom. The Kier molecular flexibility index (Phi) is 8.51. The molecule has 3 aromatic carbocycles. The summed E-state index contributed by atoms with van der Waals surface area (Å²) in [5, 5.41) is 6.19. The summed E-state index contributed by atoms with van der Waals surface area (Å²) in [6, 6.07) is 23.7. The van der Waals surface area contributed by atoms with Gasteiger partial charge in [-0.05, 0) is 55.3 Å². The van der Waals surface area contributed by atoms with Crippen molar-refractivity contribution in [3.63, 3.8) is 0 Å². The van der Waals surface area contributed by atoms with Gasteiger partial charge in [-0.15, -0.1) is 0 Å². The van der Waals surface area contributed by atoms with Crippen molar-refractivity contribution in [2.24, 2.45) is 5.92 Å². The van der Waals surface area contributed by atoms with Crippen molar-refractivity contribution < 1.29 is 9.59 Å². The van der Waals surface area contributed by atoms with Crippen LogP contribution in [-0.2, 0) is 11.3 Å². The van der Waals surface area contributed by atoms with E-state index in [9.17, 15) is 9.59 Å². The molecule has 0 unspecified atom stereocenters. The number of rotatable bonds is 7. The van der Waals surface area contributed by atoms with Gasteiger partial charge in [0.25, 0.3) is 5.91 Å². The normalized spacial score (nSPS) is 17.2. The minimum absolute atomic E-state index is 0.0363. The van der Waals surface area contributed by atoms with Gasteiger partial charge in [-0.2, -0.15) is 0 Å². The molecule has 198 valence electrons. The highest BCUT2D eigenvalue weighted by Gasteiger charge is 2.22. The molecule has 38 heavy (non-hydrogen) atoms. The van der Waals surface area contributed by atoms with Crippen LogP contribution in [0.4, 0.5) is 11.4 Å². The predicted octanol–water partition coefficient (Wildman–Crippen LogP) is 5.87. The fraction of sp³-hybridized carbons (Fsp3) is 0.375. The number of nitrogens with one attached hydrogen (secondary N) is 2. The molecule has 1 aliphatic carbocycles. The maximum absolute atomic E-state index is 13.2. The van der Waals surface area contributed by atoms with Crippen LogP contribution in [0.1, 0.15) is 48.0 Å². The van der Waals surface area contributed by atoms with Crippen molar-refractivity contribution in [2.75, 3.05) is 43.9 Å². The van der Waals surface area contributed by atoms with Gasteiger partial charge in [0.1, 0.15) is 0 Å². The van der Waals surface area contributed by atoms with Crippen LogP contribution >= 0.6 is 0 Å². The summed E-state index contributed by atoms with van der Waals surface area (Å²) in [7, 11) is 2.16. The number of hydrogen-bond acceptors (Lipinski definition) is 4. The molecule has 0 bridgehead atoms. The van der Waals surface area contributed by atoms with Crippen molar-refractivity contribution in [3.05, 3.63) is 83.9 Å². The second-order valence-electron chi connectivity index (χ2n) is 10.7. The number of anilines is 2. The standard InChI is InChI=1S/C32H38N4O2/c1-35-18-20-36(21-19-35)23-24-12-15-28(16-13-24)33-32(38)27-14-17-29(25-8-4-2-5-9-25)30(22-27)34-31(37)26-10-6-3-7-11-26/h2,4-5,8-9,12-17,22,26H,3,6-7,10-11,18-21,23H2,1H3,(H,33,38)(H,34,37). The van der Waals surface area contributed by atoms with Crippen LogP contribution in [0, 0.1) is 5.92 Å². The van der Waals surface area contributed by atoms with E-state index in [1.807, 2.05) is 54.6 Å². The van der Waals surface area contributed by atoms with Gasteiger partial charge in [-0.25, -0.2) is 0 Å². The molecule has 0 radical (unpaired) electrons. The molecule has 1 saturated heterocycles. The first kappa shape index (κ1) is 26.1. The van der Waals surface area contributed by atoms with Gasteiger partial charge in [0.05, 0.1) is 0 Å². The van der Waals surface area contributed by atoms with E-state index in [1.54, 1.807) is 6.07 Å². The number of carbonyl (C=O) groups is 2. The van der Waals surface area contributed by atoms with Crippen LogP contribution in [0.5, 0.6) is 0 Å². The summed E-state index contributed by atoms with van der Waals surface area (Å²) in [6.45, 7) is 5.27. The lowest BCUT2D eigenvalue weighted by Crippen LogP contribution is -2.43. The van der Waals surface area contributed by atoms with Crippen molar-refractivity contribution in [2.45, 2.75) is 38.6 Å². The van der Waals surface area contributed by atoms with Gasteiger partial charge in [-0.1, -0.05) is 67.8 Å². The van der Waals surface area contributed by atoms with E-state index >= 15 is 0 Å². The average molecular weight is 511 g/mol. The number of benzene rings is 3. The Morgan fingerprint density at radius 2 is 1.53 bits per heavy atom. The van der Waals surface area contributed by atoms with Crippen molar-refractivity contribution in [1.29, 1.82) is 0 Å². The number of piperazine rings is 1. The largest absolute Gasteiger partial charge is 0.325 e. The van der Waals surface area contributed by atoms with Crippen LogP contribution in [0.15, 0.2) is 72.8 Å². The molecule has 1 aliphatic heterocycles. The Morgan fingerprint density at radius 1 is 0.816 bits per heavy atom. The van der Waals surface area contributed by atoms with Gasteiger partial charge < -0.3 is 15.5 Å². The SMILES string of the molecule is CN1CCN(Cc2ccc(NC(=O)c3ccc(-c4ccccc4)c(NC(=O)C4CCCCC4)c3)cc2)CC1. The molecule has 0 spiro atoms. The molecule has 6 heteroatoms. The third-order valence-corrected chi connectivity index (χ3v) is 7.81. The molecule has 2 N–H and O–H groups in total. The van der Waals surface area contributed by atoms with Gasteiger partial charge in [0, 0.05) is 61.1 Å². The molecule has 2 fully saturated rings. The van der Waals surface area contributed by atoms with E-state index in [1.165, 1.54) is 12.0 Å². The minimum atomic E-state index is -0.190. The third kappa shape index (κ3) is 6.69. The zero-order chi connectivity index (χ0) is 26.3. The smallest absolute Gasteiger partial charge is 0.255 e. The molecule has 1 saturated carbocycles. The molecule has 0 aromatic heterocycles. The van der Waals surface area contributed by atoms with Crippen LogP contribution < -0.4 is 10.6 Å². The summed E-state index contributed by atoms with van der Waals surface area (Å²) >= 11 is 0. The molecular formula is C32H38N4O2. The number of hydrogen-bond donors (Lipinski definition) is 2. The fourth-order valence-corrected chi connectivity index (χ4v) is 5.42. The van der Waals surface area contributed by atoms with Gasteiger partial charge >= 0.3 is 0 Å². The van der Waals surface area contributed by atoms with Crippen molar-refractivity contribution >= 4 is 23.2 Å². The van der Waals surface area contributed by atoms with E-state index in [0.29, 0.717) is 11.3 Å². The first-order chi connectivity index (χ1) is 18.5. The number of likely N-dealkylation sites (N-methyl/N-ethyl adjacent to an activating group) is 1. The Labute approximate surface area is 226 Å². The quantitative estimate of drug-likeness (QED) is 0.417. The van der Waals surface area contributed by atoms with E-state index < -0.39 is 0 Å². The number of nitrogens with zero attached hydrogens (tertiary/aromatic N) is 2. The maximum atomic E-state index is 13.2. The van der Waals surface area contributed by atoms with Crippen molar-refractivity contribution in [1.82, 2.24) is 9.80 Å². The summed E-state index contributed by atoms with van der Waals surface area (Å²) in [5.74, 6) is -0.103. The molecule has 2 aliphatic rings. The lowest BCUT2D eigenvalue weighted by Gasteiger charge is -2.32. The van der Waals surface area contributed by atoms with Crippen molar-refractivity contribution in [3.8, 4) is 11.1 Å². The van der Waals surface area contributed by atoms with E-state index in [-0.39, 0.29) is 17.7 Å². The zero-order valence-corrected chi connectivity index (χ0v) is 22.3. The molecule has 3 aromatic rings. The maximum Gasteiger partial charge on any atom is 0.255 e. The summed E-state index contributed by atoms with van der Waals surface area (Å²) in [6.07, 6.45) is 5.25. The van der Waals surface area contributed by atoms with Crippen LogP contribution in [0.3, 0.4) is 0 Å². The molecule has 6 nitrogen and oxygen atoms in total. The minimum Gasteiger partial charge on any atom is -0.325 e. The van der Waals surface area contributed by atoms with Crippen LogP contribution in [-0.4, -0.2) is 54.8 Å². The number of carbonyl (C=O) groups excluding carboxylic acids is 2. The Bertz CT molecular complexity index is 1230. The fourth-order valence-electron chi connectivity index (χ4n) is 5.42. The second kappa shape index (κ2) is 12.4. The topological polar surface area (TPSA) is 64.7 Å². The van der Waals surface area contributed by atoms with Crippen LogP contribution in [0.25, 0.3) is 11.1 Å². The lowest BCUT2D eigenvalue weighted by molar-refractivity contribution is -0.120. The summed E-state index contributed by atoms with van der Waals surface area (Å²) < 4.78 is 0. The molecule has 2 amide bonds. The average Bonchev–Trinajstić information content (AvgIpc) is 2.96. The van der Waals surface area contributed by atoms with E-state index in [0.717, 1.165) is 75.2 Å². The van der Waals surface area contributed by atoms with Gasteiger partial charge in [0.2, 0.25) is 5.91 Å². The highest BCUT2D eigenvalue weighted by atomic mass is 16.2. The summed E-state index contributed by atoms with van der Waals surface area (Å²) in [5.41, 5.74) is 5.13. The van der Waals surface area contributed by atoms with Gasteiger partial charge in [0.15, 0.2) is 0 Å². The van der Waals surface area contributed by atoms with Crippen LogP contribution in [0.2, 0.25) is 0 Å². The predicted molar refractivity (Wildman–Crippen MR) is 154 cm³/mol.